The van der Waals surface area contributed by atoms with Crippen molar-refractivity contribution in [3.63, 3.8) is 0 Å². The number of hydrogen-bond donors (Lipinski definition) is 5. The van der Waals surface area contributed by atoms with E-state index in [1.165, 1.54) is 6.92 Å². The summed E-state index contributed by atoms with van der Waals surface area (Å²) in [6.45, 7) is 15.1. The normalized spacial score (nSPS) is 17.1. The molecule has 2 aromatic rings. The standard InChI is InChI=1S/C45H70N6O9S/c1-9-11-12-14-22-51(43(57)39(29(5)10-2)49-41(56)35-16-13-15-21-50(35)26-38(53)54)36(28(3)4)24-37(60-30(6)52)42-48-34(27-61-42)40(55)47-33(25-45(7,8)44(58)59)23-31-17-19-32(46)20-18-31/h17-20,27-29,33,35-37,39H,9-16,21-26,46H2,1-8H3,(H,47,55)(H,49,56)(H,53,54)(H,58,59)/t29-,33?,35?,36+,37+,39-/m0/s1. The first-order valence-corrected chi connectivity index (χ1v) is 22.7. The number of likely N-dealkylation sites (tertiary alicyclic amines) is 1. The Hall–Kier alpha value is -4.57. The van der Waals surface area contributed by atoms with Crippen molar-refractivity contribution in [3.05, 3.63) is 45.9 Å². The third-order valence-electron chi connectivity index (χ3n) is 11.7. The van der Waals surface area contributed by atoms with E-state index in [4.69, 9.17) is 10.5 Å². The molecule has 0 aliphatic carbocycles. The number of unbranched alkanes of at least 4 members (excludes halogenated alkanes) is 3. The van der Waals surface area contributed by atoms with E-state index >= 15 is 0 Å². The molecule has 6 N–H and O–H groups in total. The van der Waals surface area contributed by atoms with Crippen molar-refractivity contribution >= 4 is 52.7 Å². The number of thiazole rings is 1. The Morgan fingerprint density at radius 3 is 2.30 bits per heavy atom. The predicted molar refractivity (Wildman–Crippen MR) is 236 cm³/mol. The summed E-state index contributed by atoms with van der Waals surface area (Å²) in [7, 11) is 0. The number of carboxylic acids is 2. The van der Waals surface area contributed by atoms with Crippen LogP contribution >= 0.6 is 11.3 Å². The smallest absolute Gasteiger partial charge is 0.317 e. The van der Waals surface area contributed by atoms with E-state index in [1.807, 2.05) is 44.7 Å². The van der Waals surface area contributed by atoms with E-state index in [-0.39, 0.29) is 48.7 Å². The molecule has 0 saturated carbocycles. The number of nitrogens with one attached hydrogen (secondary N) is 2. The zero-order valence-corrected chi connectivity index (χ0v) is 38.2. The fraction of sp³-hybridized carbons (Fsp3) is 0.667. The largest absolute Gasteiger partial charge is 0.481 e. The van der Waals surface area contributed by atoms with Gasteiger partial charge in [-0.3, -0.25) is 33.7 Å². The van der Waals surface area contributed by atoms with E-state index in [2.05, 4.69) is 22.5 Å². The number of aromatic nitrogens is 1. The number of piperidine rings is 1. The van der Waals surface area contributed by atoms with Gasteiger partial charge in [-0.05, 0) is 82.0 Å². The van der Waals surface area contributed by atoms with Gasteiger partial charge in [0.15, 0.2) is 6.10 Å². The lowest BCUT2D eigenvalue weighted by Crippen LogP contribution is -2.59. The van der Waals surface area contributed by atoms with Crippen molar-refractivity contribution < 1.29 is 43.7 Å². The zero-order chi connectivity index (χ0) is 45.4. The Labute approximate surface area is 365 Å². The number of nitrogens with two attached hydrogens (primary N) is 1. The van der Waals surface area contributed by atoms with Crippen LogP contribution in [0.3, 0.4) is 0 Å². The Kier molecular flexibility index (Phi) is 20.1. The van der Waals surface area contributed by atoms with Gasteiger partial charge in [0.1, 0.15) is 16.7 Å². The van der Waals surface area contributed by atoms with Gasteiger partial charge in [0, 0.05) is 43.0 Å². The molecule has 6 atom stereocenters. The predicted octanol–water partition coefficient (Wildman–Crippen LogP) is 6.47. The summed E-state index contributed by atoms with van der Waals surface area (Å²) in [6, 6.07) is 4.59. The minimum atomic E-state index is -1.14. The maximum Gasteiger partial charge on any atom is 0.317 e. The second-order valence-electron chi connectivity index (χ2n) is 17.6. The van der Waals surface area contributed by atoms with Gasteiger partial charge < -0.3 is 36.2 Å². The first kappa shape index (κ1) is 50.8. The van der Waals surface area contributed by atoms with Gasteiger partial charge in [-0.2, -0.15) is 0 Å². The lowest BCUT2D eigenvalue weighted by molar-refractivity contribution is -0.150. The minimum Gasteiger partial charge on any atom is -0.481 e. The molecule has 1 aliphatic heterocycles. The molecule has 3 rings (SSSR count). The second kappa shape index (κ2) is 24.2. The number of rotatable bonds is 25. The number of carbonyl (C=O) groups is 6. The highest BCUT2D eigenvalue weighted by atomic mass is 32.1. The number of anilines is 1. The molecular formula is C45H70N6O9S. The monoisotopic (exact) mass is 870 g/mol. The first-order valence-electron chi connectivity index (χ1n) is 21.9. The summed E-state index contributed by atoms with van der Waals surface area (Å²) in [4.78, 5) is 87.2. The van der Waals surface area contributed by atoms with Crippen LogP contribution in [-0.2, 0) is 35.1 Å². The van der Waals surface area contributed by atoms with Crippen LogP contribution in [0.2, 0.25) is 0 Å². The third-order valence-corrected chi connectivity index (χ3v) is 12.6. The quantitative estimate of drug-likeness (QED) is 0.0412. The highest BCUT2D eigenvalue weighted by Gasteiger charge is 2.39. The summed E-state index contributed by atoms with van der Waals surface area (Å²) in [5.74, 6) is -4.06. The molecule has 1 saturated heterocycles. The maximum absolute atomic E-state index is 14.9. The molecule has 2 unspecified atom stereocenters. The lowest BCUT2D eigenvalue weighted by Gasteiger charge is -2.40. The Morgan fingerprint density at radius 1 is 1.02 bits per heavy atom. The third kappa shape index (κ3) is 15.7. The summed E-state index contributed by atoms with van der Waals surface area (Å²) in [6.07, 6.45) is 6.00. The summed E-state index contributed by atoms with van der Waals surface area (Å²) < 4.78 is 5.90. The van der Waals surface area contributed by atoms with Gasteiger partial charge >= 0.3 is 17.9 Å². The van der Waals surface area contributed by atoms with E-state index in [1.54, 1.807) is 36.3 Å². The molecule has 2 heterocycles. The van der Waals surface area contributed by atoms with E-state index in [0.29, 0.717) is 43.0 Å². The molecule has 3 amide bonds. The van der Waals surface area contributed by atoms with Crippen molar-refractivity contribution in [2.75, 3.05) is 25.4 Å². The molecule has 1 aromatic heterocycles. The first-order chi connectivity index (χ1) is 28.8. The highest BCUT2D eigenvalue weighted by Crippen LogP contribution is 2.32. The SMILES string of the molecule is CCCCCCN(C(=O)[C@@H](NC(=O)C1CCCCN1CC(=O)O)[C@@H](C)CC)[C@H](C[C@@H](OC(C)=O)c1nc(C(=O)NC(Cc2ccc(N)cc2)CC(C)(C)C(=O)O)cs1)C(C)C. The number of carbonyl (C=O) groups excluding carboxylic acids is 4. The molecule has 1 aliphatic rings. The van der Waals surface area contributed by atoms with Crippen molar-refractivity contribution in [3.8, 4) is 0 Å². The number of aliphatic carboxylic acids is 2. The summed E-state index contributed by atoms with van der Waals surface area (Å²) in [5, 5.41) is 27.4. The number of amides is 3. The number of nitrogens with zero attached hydrogens (tertiary/aromatic N) is 3. The van der Waals surface area contributed by atoms with Gasteiger partial charge in [0.25, 0.3) is 5.91 Å². The fourth-order valence-electron chi connectivity index (χ4n) is 7.90. The van der Waals surface area contributed by atoms with Crippen LogP contribution in [0.4, 0.5) is 5.69 Å². The van der Waals surface area contributed by atoms with E-state index < -0.39 is 59.5 Å². The molecule has 0 bridgehead atoms. The fourth-order valence-corrected chi connectivity index (χ4v) is 8.74. The Morgan fingerprint density at radius 2 is 1.70 bits per heavy atom. The number of hydrogen-bond acceptors (Lipinski definition) is 11. The number of ether oxygens (including phenoxy) is 1. The molecular weight excluding hydrogens is 801 g/mol. The maximum atomic E-state index is 14.9. The topological polar surface area (TPSA) is 222 Å². The lowest BCUT2D eigenvalue weighted by atomic mass is 9.84. The molecule has 0 spiro atoms. The minimum absolute atomic E-state index is 0.0837. The van der Waals surface area contributed by atoms with Crippen LogP contribution in [0, 0.1) is 17.3 Å². The number of carboxylic acid groups (broad SMARTS) is 2. The van der Waals surface area contributed by atoms with Crippen LogP contribution in [0.25, 0.3) is 0 Å². The van der Waals surface area contributed by atoms with Crippen LogP contribution in [-0.4, -0.2) is 104 Å². The average Bonchev–Trinajstić information content (AvgIpc) is 3.69. The zero-order valence-electron chi connectivity index (χ0n) is 37.4. The summed E-state index contributed by atoms with van der Waals surface area (Å²) >= 11 is 1.16. The Bertz CT molecular complexity index is 1770. The molecule has 1 fully saturated rings. The van der Waals surface area contributed by atoms with Gasteiger partial charge in [-0.1, -0.05) is 78.9 Å². The van der Waals surface area contributed by atoms with Crippen molar-refractivity contribution in [1.29, 1.82) is 0 Å². The van der Waals surface area contributed by atoms with Gasteiger partial charge in [-0.25, -0.2) is 4.98 Å². The van der Waals surface area contributed by atoms with Gasteiger partial charge in [0.05, 0.1) is 18.0 Å². The number of nitrogen functional groups attached to an aromatic ring is 1. The van der Waals surface area contributed by atoms with Crippen molar-refractivity contribution in [2.24, 2.45) is 17.3 Å². The molecule has 61 heavy (non-hydrogen) atoms. The highest BCUT2D eigenvalue weighted by molar-refractivity contribution is 7.09. The van der Waals surface area contributed by atoms with Crippen LogP contribution in [0.1, 0.15) is 147 Å². The average molecular weight is 871 g/mol. The van der Waals surface area contributed by atoms with E-state index in [0.717, 1.165) is 55.4 Å². The number of benzene rings is 1. The second-order valence-corrected chi connectivity index (χ2v) is 18.5. The van der Waals surface area contributed by atoms with Gasteiger partial charge in [0.2, 0.25) is 11.8 Å². The molecule has 16 heteroatoms. The summed E-state index contributed by atoms with van der Waals surface area (Å²) in [5.41, 5.74) is 6.27. The van der Waals surface area contributed by atoms with Crippen LogP contribution in [0.15, 0.2) is 29.6 Å². The van der Waals surface area contributed by atoms with Crippen molar-refractivity contribution in [1.82, 2.24) is 25.4 Å². The van der Waals surface area contributed by atoms with Crippen molar-refractivity contribution in [2.45, 2.75) is 156 Å². The van der Waals surface area contributed by atoms with Gasteiger partial charge in [-0.15, -0.1) is 11.3 Å². The van der Waals surface area contributed by atoms with Crippen LogP contribution in [0.5, 0.6) is 0 Å². The molecule has 15 nitrogen and oxygen atoms in total. The molecule has 340 valence electrons. The molecule has 1 aromatic carbocycles. The Balaban J connectivity index is 1.95. The van der Waals surface area contributed by atoms with E-state index in [9.17, 15) is 39.0 Å². The molecule has 0 radical (unpaired) electrons. The van der Waals surface area contributed by atoms with Crippen LogP contribution < -0.4 is 16.4 Å². The number of esters is 1.